The van der Waals surface area contributed by atoms with Gasteiger partial charge in [-0.05, 0) is 30.5 Å². The Balaban J connectivity index is 2.13. The van der Waals surface area contributed by atoms with E-state index in [0.29, 0.717) is 52.4 Å². The fourth-order valence-corrected chi connectivity index (χ4v) is 2.71. The zero-order valence-corrected chi connectivity index (χ0v) is 18.9. The van der Waals surface area contributed by atoms with Gasteiger partial charge in [-0.1, -0.05) is 13.8 Å². The van der Waals surface area contributed by atoms with Gasteiger partial charge in [0.1, 0.15) is 17.2 Å². The van der Waals surface area contributed by atoms with Crippen molar-refractivity contribution < 1.29 is 28.5 Å². The standard InChI is InChI=1S/C23H30N2O6/c1-15(2)9-10-31-19-8-7-16(11-22(19)30-6)23(26)25-24-14-18-20(28-4)12-17(27-3)13-21(18)29-5/h7-8,11-15H,9-10H2,1-6H3,(H,25,26)/b24-14+. The summed E-state index contributed by atoms with van der Waals surface area (Å²) in [6.45, 7) is 4.84. The lowest BCUT2D eigenvalue weighted by atomic mass is 10.1. The van der Waals surface area contributed by atoms with E-state index in [9.17, 15) is 4.79 Å². The number of hydrazone groups is 1. The van der Waals surface area contributed by atoms with E-state index in [4.69, 9.17) is 23.7 Å². The molecular weight excluding hydrogens is 400 g/mol. The maximum Gasteiger partial charge on any atom is 0.271 e. The Labute approximate surface area is 183 Å². The Bertz CT molecular complexity index is 886. The third kappa shape index (κ3) is 6.53. The molecule has 168 valence electrons. The number of hydrogen-bond acceptors (Lipinski definition) is 7. The smallest absolute Gasteiger partial charge is 0.271 e. The fraction of sp³-hybridized carbons (Fsp3) is 0.391. The van der Waals surface area contributed by atoms with Crippen molar-refractivity contribution in [3.8, 4) is 28.7 Å². The van der Waals surface area contributed by atoms with Gasteiger partial charge in [-0.3, -0.25) is 4.79 Å². The number of carbonyl (C=O) groups is 1. The summed E-state index contributed by atoms with van der Waals surface area (Å²) in [5.41, 5.74) is 3.45. The SMILES string of the molecule is COc1cc(OC)c(/C=N/NC(=O)c2ccc(OCCC(C)C)c(OC)c2)c(OC)c1. The van der Waals surface area contributed by atoms with Crippen LogP contribution in [0.1, 0.15) is 36.2 Å². The summed E-state index contributed by atoms with van der Waals surface area (Å²) in [6, 6.07) is 8.40. The summed E-state index contributed by atoms with van der Waals surface area (Å²) < 4.78 is 27.1. The summed E-state index contributed by atoms with van der Waals surface area (Å²) in [7, 11) is 6.15. The van der Waals surface area contributed by atoms with Crippen LogP contribution in [0.5, 0.6) is 28.7 Å². The van der Waals surface area contributed by atoms with Crippen molar-refractivity contribution in [1.82, 2.24) is 5.43 Å². The maximum atomic E-state index is 12.5. The zero-order chi connectivity index (χ0) is 22.8. The van der Waals surface area contributed by atoms with Crippen LogP contribution >= 0.6 is 0 Å². The van der Waals surface area contributed by atoms with Crippen molar-refractivity contribution in [2.75, 3.05) is 35.0 Å². The van der Waals surface area contributed by atoms with Crippen molar-refractivity contribution in [3.63, 3.8) is 0 Å². The van der Waals surface area contributed by atoms with Crippen LogP contribution in [-0.4, -0.2) is 47.2 Å². The molecule has 31 heavy (non-hydrogen) atoms. The molecule has 2 aromatic carbocycles. The number of hydrogen-bond donors (Lipinski definition) is 1. The van der Waals surface area contributed by atoms with Crippen molar-refractivity contribution in [3.05, 3.63) is 41.5 Å². The Kier molecular flexibility index (Phi) is 8.99. The minimum absolute atomic E-state index is 0.388. The maximum absolute atomic E-state index is 12.5. The molecule has 0 saturated carbocycles. The lowest BCUT2D eigenvalue weighted by Crippen LogP contribution is -2.18. The predicted molar refractivity (Wildman–Crippen MR) is 119 cm³/mol. The van der Waals surface area contributed by atoms with Gasteiger partial charge in [-0.15, -0.1) is 0 Å². The highest BCUT2D eigenvalue weighted by Crippen LogP contribution is 2.32. The van der Waals surface area contributed by atoms with Gasteiger partial charge in [-0.2, -0.15) is 5.10 Å². The highest BCUT2D eigenvalue weighted by molar-refractivity contribution is 5.96. The first-order valence-electron chi connectivity index (χ1n) is 9.87. The monoisotopic (exact) mass is 430 g/mol. The number of methoxy groups -OCH3 is 4. The summed E-state index contributed by atoms with van der Waals surface area (Å²) >= 11 is 0. The van der Waals surface area contributed by atoms with E-state index in [-0.39, 0.29) is 0 Å². The first-order chi connectivity index (χ1) is 14.9. The van der Waals surface area contributed by atoms with Crippen LogP contribution in [0.15, 0.2) is 35.4 Å². The Morgan fingerprint density at radius 2 is 1.58 bits per heavy atom. The van der Waals surface area contributed by atoms with Gasteiger partial charge in [0.15, 0.2) is 11.5 Å². The van der Waals surface area contributed by atoms with E-state index in [0.717, 1.165) is 6.42 Å². The zero-order valence-electron chi connectivity index (χ0n) is 18.9. The van der Waals surface area contributed by atoms with Crippen LogP contribution in [-0.2, 0) is 0 Å². The van der Waals surface area contributed by atoms with Crippen LogP contribution in [0, 0.1) is 5.92 Å². The number of carbonyl (C=O) groups excluding carboxylic acids is 1. The molecule has 1 amide bonds. The normalized spacial score (nSPS) is 10.8. The average molecular weight is 431 g/mol. The van der Waals surface area contributed by atoms with Gasteiger partial charge in [0.05, 0.1) is 46.8 Å². The number of nitrogens with one attached hydrogen (secondary N) is 1. The number of rotatable bonds is 11. The number of amides is 1. The van der Waals surface area contributed by atoms with Gasteiger partial charge in [-0.25, -0.2) is 5.43 Å². The van der Waals surface area contributed by atoms with Gasteiger partial charge in [0.2, 0.25) is 0 Å². The van der Waals surface area contributed by atoms with Crippen LogP contribution < -0.4 is 29.1 Å². The summed E-state index contributed by atoms with van der Waals surface area (Å²) in [5, 5.41) is 4.04. The molecule has 0 aromatic heterocycles. The van der Waals surface area contributed by atoms with Crippen LogP contribution in [0.3, 0.4) is 0 Å². The highest BCUT2D eigenvalue weighted by atomic mass is 16.5. The van der Waals surface area contributed by atoms with Crippen molar-refractivity contribution >= 4 is 12.1 Å². The molecule has 0 atom stereocenters. The quantitative estimate of drug-likeness (QED) is 0.430. The Hall–Kier alpha value is -3.42. The van der Waals surface area contributed by atoms with Crippen molar-refractivity contribution in [2.45, 2.75) is 20.3 Å². The number of benzene rings is 2. The second-order valence-corrected chi connectivity index (χ2v) is 7.04. The van der Waals surface area contributed by atoms with E-state index >= 15 is 0 Å². The molecule has 0 unspecified atom stereocenters. The van der Waals surface area contributed by atoms with Crippen LogP contribution in [0.4, 0.5) is 0 Å². The second kappa shape index (κ2) is 11.7. The molecule has 0 spiro atoms. The van der Waals surface area contributed by atoms with E-state index in [1.807, 2.05) is 0 Å². The molecule has 0 saturated heterocycles. The molecule has 2 aromatic rings. The molecular formula is C23H30N2O6. The molecule has 0 aliphatic carbocycles. The second-order valence-electron chi connectivity index (χ2n) is 7.04. The summed E-state index contributed by atoms with van der Waals surface area (Å²) in [6.07, 6.45) is 2.38. The Morgan fingerprint density at radius 3 is 2.13 bits per heavy atom. The number of ether oxygens (including phenoxy) is 5. The minimum Gasteiger partial charge on any atom is -0.496 e. The fourth-order valence-electron chi connectivity index (χ4n) is 2.71. The lowest BCUT2D eigenvalue weighted by molar-refractivity contribution is 0.0954. The third-order valence-corrected chi connectivity index (χ3v) is 4.49. The van der Waals surface area contributed by atoms with E-state index < -0.39 is 5.91 Å². The van der Waals surface area contributed by atoms with Gasteiger partial charge < -0.3 is 23.7 Å². The van der Waals surface area contributed by atoms with Gasteiger partial charge in [0, 0.05) is 17.7 Å². The summed E-state index contributed by atoms with van der Waals surface area (Å²) in [4.78, 5) is 12.5. The topological polar surface area (TPSA) is 87.6 Å². The summed E-state index contributed by atoms with van der Waals surface area (Å²) in [5.74, 6) is 2.80. The molecule has 0 aliphatic rings. The molecule has 0 bridgehead atoms. The van der Waals surface area contributed by atoms with E-state index in [1.54, 1.807) is 37.4 Å². The molecule has 8 heteroatoms. The highest BCUT2D eigenvalue weighted by Gasteiger charge is 2.13. The van der Waals surface area contributed by atoms with E-state index in [1.165, 1.54) is 27.5 Å². The molecule has 0 fully saturated rings. The first kappa shape index (κ1) is 23.9. The lowest BCUT2D eigenvalue weighted by Gasteiger charge is -2.13. The van der Waals surface area contributed by atoms with Crippen LogP contribution in [0.25, 0.3) is 0 Å². The van der Waals surface area contributed by atoms with Crippen molar-refractivity contribution in [1.29, 1.82) is 0 Å². The minimum atomic E-state index is -0.394. The van der Waals surface area contributed by atoms with Gasteiger partial charge >= 0.3 is 0 Å². The molecule has 0 heterocycles. The van der Waals surface area contributed by atoms with E-state index in [2.05, 4.69) is 24.4 Å². The molecule has 0 radical (unpaired) electrons. The molecule has 8 nitrogen and oxygen atoms in total. The first-order valence-corrected chi connectivity index (χ1v) is 9.87. The predicted octanol–water partition coefficient (Wildman–Crippen LogP) is 3.91. The van der Waals surface area contributed by atoms with Crippen molar-refractivity contribution in [2.24, 2.45) is 11.0 Å². The molecule has 0 aliphatic heterocycles. The molecule has 2 rings (SSSR count). The molecule has 1 N–H and O–H groups in total. The number of nitrogens with zero attached hydrogens (tertiary/aromatic N) is 1. The largest absolute Gasteiger partial charge is 0.496 e. The van der Waals surface area contributed by atoms with Gasteiger partial charge in [0.25, 0.3) is 5.91 Å². The van der Waals surface area contributed by atoms with Crippen LogP contribution in [0.2, 0.25) is 0 Å². The average Bonchev–Trinajstić information content (AvgIpc) is 2.78. The third-order valence-electron chi connectivity index (χ3n) is 4.49. The Morgan fingerprint density at radius 1 is 0.935 bits per heavy atom.